The first kappa shape index (κ1) is 26.0. The van der Waals surface area contributed by atoms with Crippen LogP contribution in [0.15, 0.2) is 48.5 Å². The van der Waals surface area contributed by atoms with Gasteiger partial charge >= 0.3 is 17.8 Å². The lowest BCUT2D eigenvalue weighted by Gasteiger charge is -2.40. The van der Waals surface area contributed by atoms with Gasteiger partial charge in [0.1, 0.15) is 5.75 Å². The highest BCUT2D eigenvalue weighted by Gasteiger charge is 2.55. The second-order valence-corrected chi connectivity index (χ2v) is 10.4. The van der Waals surface area contributed by atoms with E-state index in [1.807, 2.05) is 50.2 Å². The smallest absolute Gasteiger partial charge is 0.422 e. The van der Waals surface area contributed by atoms with E-state index in [0.29, 0.717) is 18.5 Å². The third-order valence-corrected chi connectivity index (χ3v) is 7.50. The molecule has 3 aliphatic heterocycles. The Hall–Kier alpha value is -3.59. The van der Waals surface area contributed by atoms with E-state index < -0.39 is 17.8 Å². The molecule has 3 saturated heterocycles. The monoisotopic (exact) mass is 521 g/mol. The maximum atomic E-state index is 13.5. The Bertz CT molecular complexity index is 1190. The van der Waals surface area contributed by atoms with Crippen molar-refractivity contribution in [1.29, 1.82) is 0 Å². The van der Waals surface area contributed by atoms with Crippen LogP contribution in [0.5, 0.6) is 5.75 Å². The van der Waals surface area contributed by atoms with E-state index in [-0.39, 0.29) is 24.5 Å². The van der Waals surface area contributed by atoms with E-state index in [0.717, 1.165) is 49.6 Å². The van der Waals surface area contributed by atoms with Crippen molar-refractivity contribution >= 4 is 23.5 Å². The van der Waals surface area contributed by atoms with Crippen LogP contribution >= 0.6 is 0 Å². The predicted molar refractivity (Wildman–Crippen MR) is 141 cm³/mol. The molecule has 1 spiro atoms. The molecule has 2 aromatic carbocycles. The minimum atomic E-state index is -1.63. The zero-order valence-corrected chi connectivity index (χ0v) is 22.2. The lowest BCUT2D eigenvalue weighted by Crippen LogP contribution is -2.55. The average Bonchev–Trinajstić information content (AvgIpc) is 3.20. The summed E-state index contributed by atoms with van der Waals surface area (Å²) in [4.78, 5) is 43.3. The van der Waals surface area contributed by atoms with Crippen LogP contribution in [0.2, 0.25) is 0 Å². The number of rotatable bonds is 6. The third-order valence-electron chi connectivity index (χ3n) is 7.50. The molecular weight excluding hydrogens is 486 g/mol. The highest BCUT2D eigenvalue weighted by molar-refractivity contribution is 6.31. The second kappa shape index (κ2) is 10.6. The summed E-state index contributed by atoms with van der Waals surface area (Å²) in [6, 6.07) is 15.8. The molecule has 3 fully saturated rings. The normalized spacial score (nSPS) is 20.4. The molecule has 0 bridgehead atoms. The Morgan fingerprint density at radius 1 is 0.895 bits per heavy atom. The molecule has 9 heteroatoms. The molecule has 1 amide bonds. The number of carbonyl (C=O) groups excluding carboxylic acids is 3. The van der Waals surface area contributed by atoms with Crippen molar-refractivity contribution in [3.63, 3.8) is 0 Å². The molecule has 0 aliphatic carbocycles. The fourth-order valence-corrected chi connectivity index (χ4v) is 5.51. The van der Waals surface area contributed by atoms with Crippen LogP contribution in [0.25, 0.3) is 0 Å². The summed E-state index contributed by atoms with van der Waals surface area (Å²) in [6.07, 6.45) is 1.83. The third kappa shape index (κ3) is 5.07. The summed E-state index contributed by atoms with van der Waals surface area (Å²) >= 11 is 0. The zero-order chi connectivity index (χ0) is 26.9. The van der Waals surface area contributed by atoms with Gasteiger partial charge in [-0.3, -0.25) is 14.6 Å². The summed E-state index contributed by atoms with van der Waals surface area (Å²) in [5, 5.41) is 0. The van der Waals surface area contributed by atoms with Gasteiger partial charge in [-0.2, -0.15) is 0 Å². The number of anilines is 1. The van der Waals surface area contributed by atoms with Crippen LogP contribution < -0.4 is 9.64 Å². The lowest BCUT2D eigenvalue weighted by molar-refractivity contribution is -0.247. The number of nitrogens with zero attached hydrogens (tertiary/aromatic N) is 3. The van der Waals surface area contributed by atoms with E-state index in [9.17, 15) is 14.4 Å². The number of likely N-dealkylation sites (tertiary alicyclic amines) is 1. The SMILES string of the molecule is CC(C)Oc1ccccc1N1CCN(C(C)c2cccc(C(=O)N3CCCCC34OC(=O)C(=O)O4)c2)CC1. The van der Waals surface area contributed by atoms with Crippen molar-refractivity contribution in [2.75, 3.05) is 37.6 Å². The minimum absolute atomic E-state index is 0.101. The molecule has 1 unspecified atom stereocenters. The van der Waals surface area contributed by atoms with Gasteiger partial charge in [-0.25, -0.2) is 9.59 Å². The van der Waals surface area contributed by atoms with Gasteiger partial charge in [0.05, 0.1) is 11.8 Å². The van der Waals surface area contributed by atoms with Crippen molar-refractivity contribution in [3.05, 3.63) is 59.7 Å². The molecular formula is C29H35N3O6. The highest BCUT2D eigenvalue weighted by Crippen LogP contribution is 2.36. The van der Waals surface area contributed by atoms with E-state index in [1.54, 1.807) is 6.07 Å². The summed E-state index contributed by atoms with van der Waals surface area (Å²) in [5.74, 6) is -3.14. The number of amides is 1. The maximum Gasteiger partial charge on any atom is 0.422 e. The van der Waals surface area contributed by atoms with E-state index in [4.69, 9.17) is 14.2 Å². The fourth-order valence-electron chi connectivity index (χ4n) is 5.51. The van der Waals surface area contributed by atoms with Gasteiger partial charge in [0.15, 0.2) is 0 Å². The molecule has 3 heterocycles. The van der Waals surface area contributed by atoms with Gasteiger partial charge in [-0.1, -0.05) is 24.3 Å². The van der Waals surface area contributed by atoms with Gasteiger partial charge in [-0.15, -0.1) is 0 Å². The molecule has 1 atom stereocenters. The van der Waals surface area contributed by atoms with Gasteiger partial charge in [-0.05, 0) is 63.4 Å². The molecule has 3 aliphatic rings. The standard InChI is InChI=1S/C29H35N3O6/c1-20(2)36-25-12-5-4-11-24(25)31-17-15-30(16-18-31)21(3)22-9-8-10-23(19-22)26(33)32-14-7-6-13-29(32)37-27(34)28(35)38-29/h4-5,8-12,19-21H,6-7,13-18H2,1-3H3. The van der Waals surface area contributed by atoms with Crippen molar-refractivity contribution in [3.8, 4) is 5.75 Å². The number of hydrogen-bond donors (Lipinski definition) is 0. The van der Waals surface area contributed by atoms with Gasteiger partial charge in [0.25, 0.3) is 5.91 Å². The Kier molecular flexibility index (Phi) is 7.29. The molecule has 0 saturated carbocycles. The van der Waals surface area contributed by atoms with Crippen molar-refractivity contribution in [2.45, 2.75) is 58.1 Å². The van der Waals surface area contributed by atoms with Crippen LogP contribution in [0.4, 0.5) is 5.69 Å². The number of ether oxygens (including phenoxy) is 3. The number of esters is 2. The number of benzene rings is 2. The maximum absolute atomic E-state index is 13.5. The Labute approximate surface area is 223 Å². The Balaban J connectivity index is 1.27. The van der Waals surface area contributed by atoms with Crippen LogP contribution in [0.1, 0.15) is 62.0 Å². The summed E-state index contributed by atoms with van der Waals surface area (Å²) in [7, 11) is 0. The zero-order valence-electron chi connectivity index (χ0n) is 22.2. The number of carbonyl (C=O) groups is 3. The van der Waals surface area contributed by atoms with E-state index in [1.165, 1.54) is 4.90 Å². The first-order valence-corrected chi connectivity index (χ1v) is 13.4. The van der Waals surface area contributed by atoms with Crippen LogP contribution in [-0.2, 0) is 19.1 Å². The molecule has 5 rings (SSSR count). The topological polar surface area (TPSA) is 88.6 Å². The summed E-state index contributed by atoms with van der Waals surface area (Å²) in [5.41, 5.74) is 2.62. The van der Waals surface area contributed by atoms with Crippen LogP contribution in [0, 0.1) is 0 Å². The van der Waals surface area contributed by atoms with Crippen molar-refractivity contribution in [1.82, 2.24) is 9.80 Å². The van der Waals surface area contributed by atoms with E-state index >= 15 is 0 Å². The largest absolute Gasteiger partial charge is 0.489 e. The summed E-state index contributed by atoms with van der Waals surface area (Å²) < 4.78 is 16.6. The molecule has 202 valence electrons. The van der Waals surface area contributed by atoms with Gasteiger partial charge in [0.2, 0.25) is 0 Å². The summed E-state index contributed by atoms with van der Waals surface area (Å²) in [6.45, 7) is 10.1. The first-order chi connectivity index (χ1) is 18.3. The predicted octanol–water partition coefficient (Wildman–Crippen LogP) is 3.74. The molecule has 2 aromatic rings. The van der Waals surface area contributed by atoms with Crippen molar-refractivity contribution < 1.29 is 28.6 Å². The second-order valence-electron chi connectivity index (χ2n) is 10.4. The first-order valence-electron chi connectivity index (χ1n) is 13.4. The highest BCUT2D eigenvalue weighted by atomic mass is 16.8. The van der Waals surface area contributed by atoms with Crippen LogP contribution in [0.3, 0.4) is 0 Å². The van der Waals surface area contributed by atoms with Crippen molar-refractivity contribution in [2.24, 2.45) is 0 Å². The molecule has 0 radical (unpaired) electrons. The number of piperazine rings is 1. The van der Waals surface area contributed by atoms with Gasteiger partial charge < -0.3 is 19.1 Å². The number of hydrogen-bond acceptors (Lipinski definition) is 8. The molecule has 0 aromatic heterocycles. The number of para-hydroxylation sites is 2. The number of piperidine rings is 1. The van der Waals surface area contributed by atoms with Gasteiger partial charge in [0, 0.05) is 50.7 Å². The van der Waals surface area contributed by atoms with E-state index in [2.05, 4.69) is 22.8 Å². The lowest BCUT2D eigenvalue weighted by atomic mass is 10.0. The fraction of sp³-hybridized carbons (Fsp3) is 0.483. The van der Waals surface area contributed by atoms with Crippen LogP contribution in [-0.4, -0.2) is 72.4 Å². The Morgan fingerprint density at radius 2 is 1.61 bits per heavy atom. The average molecular weight is 522 g/mol. The molecule has 0 N–H and O–H groups in total. The molecule has 38 heavy (non-hydrogen) atoms. The minimum Gasteiger partial charge on any atom is -0.489 e. The molecule has 9 nitrogen and oxygen atoms in total. The quantitative estimate of drug-likeness (QED) is 0.420. The Morgan fingerprint density at radius 3 is 2.32 bits per heavy atom.